The Labute approximate surface area is 163 Å². The van der Waals surface area contributed by atoms with Gasteiger partial charge in [0, 0.05) is 18.0 Å². The molecule has 1 aromatic heterocycles. The van der Waals surface area contributed by atoms with Gasteiger partial charge < -0.3 is 9.67 Å². The molecule has 0 aliphatic rings. The van der Waals surface area contributed by atoms with Crippen molar-refractivity contribution >= 4 is 11.6 Å². The average molecular weight is 375 g/mol. The van der Waals surface area contributed by atoms with Crippen molar-refractivity contribution in [3.63, 3.8) is 0 Å². The first-order chi connectivity index (χ1) is 13.2. The second-order valence-corrected chi connectivity index (χ2v) is 6.88. The number of benzene rings is 3. The fraction of sp³-hybridized carbons (Fsp3) is 0.0870. The Balaban J connectivity index is 2.22. The number of nitrogens with zero attached hydrogens (tertiary/aromatic N) is 2. The first-order valence-corrected chi connectivity index (χ1v) is 9.11. The first kappa shape index (κ1) is 17.4. The van der Waals surface area contributed by atoms with Crippen LogP contribution in [0.15, 0.2) is 91.5 Å². The largest absolute Gasteiger partial charge is 0.507 e. The molecule has 0 unspecified atom stereocenters. The zero-order valence-electron chi connectivity index (χ0n) is 14.9. The van der Waals surface area contributed by atoms with E-state index >= 15 is 0 Å². The molecule has 27 heavy (non-hydrogen) atoms. The highest BCUT2D eigenvalue weighted by molar-refractivity contribution is 6.32. The smallest absolute Gasteiger partial charge is 0.126 e. The van der Waals surface area contributed by atoms with E-state index in [1.54, 1.807) is 18.6 Å². The number of imidazole rings is 1. The van der Waals surface area contributed by atoms with Crippen LogP contribution in [0.5, 0.6) is 5.75 Å². The Morgan fingerprint density at radius 1 is 0.889 bits per heavy atom. The molecule has 4 heteroatoms. The molecule has 1 N–H and O–H groups in total. The third kappa shape index (κ3) is 2.71. The zero-order chi connectivity index (χ0) is 18.9. The second-order valence-electron chi connectivity index (χ2n) is 6.50. The van der Waals surface area contributed by atoms with Crippen LogP contribution in [0.25, 0.3) is 0 Å². The Hall–Kier alpha value is -3.04. The molecule has 0 bridgehead atoms. The molecule has 0 aliphatic heterocycles. The van der Waals surface area contributed by atoms with E-state index in [4.69, 9.17) is 11.6 Å². The molecule has 0 atom stereocenters. The number of aromatic hydroxyl groups is 1. The number of rotatable bonds is 4. The minimum atomic E-state index is -0.855. The molecule has 134 valence electrons. The summed E-state index contributed by atoms with van der Waals surface area (Å²) in [6, 6.07) is 23.6. The third-order valence-electron chi connectivity index (χ3n) is 4.95. The fourth-order valence-corrected chi connectivity index (χ4v) is 4.01. The van der Waals surface area contributed by atoms with Crippen molar-refractivity contribution in [1.29, 1.82) is 0 Å². The number of hydrogen-bond donors (Lipinski definition) is 1. The van der Waals surface area contributed by atoms with Gasteiger partial charge in [-0.15, -0.1) is 0 Å². The van der Waals surface area contributed by atoms with Crippen molar-refractivity contribution in [2.24, 2.45) is 0 Å². The molecule has 4 rings (SSSR count). The summed E-state index contributed by atoms with van der Waals surface area (Å²) in [4.78, 5) is 4.28. The highest BCUT2D eigenvalue weighted by atomic mass is 35.5. The number of phenols is 1. The summed E-state index contributed by atoms with van der Waals surface area (Å²) < 4.78 is 2.00. The van der Waals surface area contributed by atoms with E-state index in [-0.39, 0.29) is 5.75 Å². The Kier molecular flexibility index (Phi) is 4.46. The van der Waals surface area contributed by atoms with Crippen LogP contribution >= 0.6 is 11.6 Å². The van der Waals surface area contributed by atoms with E-state index in [0.717, 1.165) is 16.7 Å². The summed E-state index contributed by atoms with van der Waals surface area (Å²) in [5.74, 6) is 0.145. The summed E-state index contributed by atoms with van der Waals surface area (Å²) in [5, 5.41) is 11.5. The molecule has 0 aliphatic carbocycles. The molecule has 0 spiro atoms. The van der Waals surface area contributed by atoms with E-state index in [2.05, 4.69) is 4.98 Å². The molecule has 0 amide bonds. The van der Waals surface area contributed by atoms with Gasteiger partial charge in [-0.2, -0.15) is 0 Å². The average Bonchev–Trinajstić information content (AvgIpc) is 3.25. The zero-order valence-corrected chi connectivity index (χ0v) is 15.6. The van der Waals surface area contributed by atoms with Crippen molar-refractivity contribution in [3.05, 3.63) is 119 Å². The van der Waals surface area contributed by atoms with Gasteiger partial charge in [0.1, 0.15) is 11.3 Å². The fourth-order valence-electron chi connectivity index (χ4n) is 3.71. The normalized spacial score (nSPS) is 11.5. The highest BCUT2D eigenvalue weighted by Crippen LogP contribution is 2.47. The van der Waals surface area contributed by atoms with E-state index in [0.29, 0.717) is 10.6 Å². The van der Waals surface area contributed by atoms with Crippen LogP contribution < -0.4 is 0 Å². The van der Waals surface area contributed by atoms with Gasteiger partial charge in [-0.25, -0.2) is 4.98 Å². The van der Waals surface area contributed by atoms with E-state index in [1.807, 2.05) is 84.4 Å². The number of hydrogen-bond acceptors (Lipinski definition) is 2. The summed E-state index contributed by atoms with van der Waals surface area (Å²) in [6.07, 6.45) is 5.40. The summed E-state index contributed by atoms with van der Waals surface area (Å²) >= 11 is 6.81. The number of aromatic nitrogens is 2. The van der Waals surface area contributed by atoms with Gasteiger partial charge in [-0.3, -0.25) is 0 Å². The third-order valence-corrected chi connectivity index (χ3v) is 5.44. The van der Waals surface area contributed by atoms with Gasteiger partial charge in [0.05, 0.1) is 11.3 Å². The number of aryl methyl sites for hydroxylation is 1. The summed E-state index contributed by atoms with van der Waals surface area (Å²) in [7, 11) is 0. The van der Waals surface area contributed by atoms with Crippen LogP contribution in [0.1, 0.15) is 22.3 Å². The minimum Gasteiger partial charge on any atom is -0.507 e. The van der Waals surface area contributed by atoms with Crippen molar-refractivity contribution < 1.29 is 5.11 Å². The monoisotopic (exact) mass is 374 g/mol. The molecule has 3 nitrogen and oxygen atoms in total. The molecular weight excluding hydrogens is 356 g/mol. The van der Waals surface area contributed by atoms with Crippen molar-refractivity contribution in [2.75, 3.05) is 0 Å². The standard InChI is InChI=1S/C23H19ClN2O/c1-17-12-13-20(27)21(22(17)24)23(26-15-14-25-16-26,18-8-4-2-5-9-18)19-10-6-3-7-11-19/h2-16,27H,1H3. The Bertz CT molecular complexity index is 1010. The molecule has 4 aromatic rings. The Morgan fingerprint density at radius 2 is 1.48 bits per heavy atom. The topological polar surface area (TPSA) is 38.0 Å². The number of phenolic OH excluding ortho intramolecular Hbond substituents is 1. The van der Waals surface area contributed by atoms with Gasteiger partial charge in [-0.1, -0.05) is 78.3 Å². The lowest BCUT2D eigenvalue weighted by molar-refractivity contribution is 0.433. The second kappa shape index (κ2) is 6.93. The van der Waals surface area contributed by atoms with Crippen LogP contribution in [0.3, 0.4) is 0 Å². The van der Waals surface area contributed by atoms with E-state index in [1.165, 1.54) is 0 Å². The van der Waals surface area contributed by atoms with Gasteiger partial charge in [0.15, 0.2) is 0 Å². The maximum absolute atomic E-state index is 11.0. The van der Waals surface area contributed by atoms with E-state index in [9.17, 15) is 5.11 Å². The molecule has 0 radical (unpaired) electrons. The maximum atomic E-state index is 11.0. The lowest BCUT2D eigenvalue weighted by Gasteiger charge is -2.38. The minimum absolute atomic E-state index is 0.145. The first-order valence-electron chi connectivity index (χ1n) is 8.73. The quantitative estimate of drug-likeness (QED) is 0.486. The van der Waals surface area contributed by atoms with Crippen molar-refractivity contribution in [3.8, 4) is 5.75 Å². The van der Waals surface area contributed by atoms with E-state index < -0.39 is 5.54 Å². The lowest BCUT2D eigenvalue weighted by Crippen LogP contribution is -2.37. The van der Waals surface area contributed by atoms with Crippen LogP contribution in [0.2, 0.25) is 5.02 Å². The lowest BCUT2D eigenvalue weighted by atomic mass is 9.76. The summed E-state index contributed by atoms with van der Waals surface area (Å²) in [6.45, 7) is 1.94. The van der Waals surface area contributed by atoms with Crippen LogP contribution in [0.4, 0.5) is 0 Å². The van der Waals surface area contributed by atoms with Crippen molar-refractivity contribution in [1.82, 2.24) is 9.55 Å². The van der Waals surface area contributed by atoms with Gasteiger partial charge >= 0.3 is 0 Å². The Morgan fingerprint density at radius 3 is 2.00 bits per heavy atom. The molecule has 3 aromatic carbocycles. The molecule has 1 heterocycles. The van der Waals surface area contributed by atoms with Crippen molar-refractivity contribution in [2.45, 2.75) is 12.5 Å². The SMILES string of the molecule is Cc1ccc(O)c(C(c2ccccc2)(c2ccccc2)n2ccnc2)c1Cl. The maximum Gasteiger partial charge on any atom is 0.126 e. The molecule has 0 saturated carbocycles. The molecule has 0 fully saturated rings. The molecular formula is C23H19ClN2O. The molecule has 0 saturated heterocycles. The summed E-state index contributed by atoms with van der Waals surface area (Å²) in [5.41, 5.74) is 2.65. The number of halogens is 1. The van der Waals surface area contributed by atoms with Gasteiger partial charge in [0.2, 0.25) is 0 Å². The highest BCUT2D eigenvalue weighted by Gasteiger charge is 2.42. The van der Waals surface area contributed by atoms with Crippen LogP contribution in [0, 0.1) is 6.92 Å². The predicted octanol–water partition coefficient (Wildman–Crippen LogP) is 5.39. The van der Waals surface area contributed by atoms with Gasteiger partial charge in [-0.05, 0) is 29.7 Å². The van der Waals surface area contributed by atoms with Crippen LogP contribution in [-0.4, -0.2) is 14.7 Å². The van der Waals surface area contributed by atoms with Crippen LogP contribution in [-0.2, 0) is 5.54 Å². The predicted molar refractivity (Wildman–Crippen MR) is 108 cm³/mol. The van der Waals surface area contributed by atoms with Gasteiger partial charge in [0.25, 0.3) is 0 Å².